The van der Waals surface area contributed by atoms with E-state index in [1.54, 1.807) is 0 Å². The van der Waals surface area contributed by atoms with Crippen LogP contribution in [0, 0.1) is 12.3 Å². The summed E-state index contributed by atoms with van der Waals surface area (Å²) in [6.45, 7) is 6.01. The lowest BCUT2D eigenvalue weighted by molar-refractivity contribution is 0.0433. The quantitative estimate of drug-likeness (QED) is 0.842. The molecule has 1 spiro atoms. The van der Waals surface area contributed by atoms with Crippen LogP contribution in [0.5, 0.6) is 0 Å². The summed E-state index contributed by atoms with van der Waals surface area (Å²) in [6, 6.07) is 5.96. The highest BCUT2D eigenvalue weighted by molar-refractivity contribution is 9.10. The normalized spacial score (nSPS) is 26.1. The Labute approximate surface area is 135 Å². The molecule has 1 aromatic rings. The lowest BCUT2D eigenvalue weighted by Gasteiger charge is -2.45. The Morgan fingerprint density at radius 2 is 2.14 bits per heavy atom. The van der Waals surface area contributed by atoms with Crippen LogP contribution in [0.1, 0.15) is 41.6 Å². The van der Waals surface area contributed by atoms with Crippen molar-refractivity contribution in [2.45, 2.75) is 32.6 Å². The number of aryl methyl sites for hydroxylation is 1. The van der Waals surface area contributed by atoms with Gasteiger partial charge in [-0.1, -0.05) is 22.0 Å². The minimum atomic E-state index is 0.193. The Hall–Kier alpha value is -0.870. The summed E-state index contributed by atoms with van der Waals surface area (Å²) >= 11 is 3.48. The lowest BCUT2D eigenvalue weighted by Crippen LogP contribution is -2.52. The number of benzene rings is 1. The Balaban J connectivity index is 1.79. The van der Waals surface area contributed by atoms with Crippen molar-refractivity contribution < 1.29 is 4.79 Å². The van der Waals surface area contributed by atoms with E-state index in [1.807, 2.05) is 25.1 Å². The topological polar surface area (TPSA) is 32.3 Å². The molecule has 2 aliphatic heterocycles. The second-order valence-electron chi connectivity index (χ2n) is 6.57. The van der Waals surface area contributed by atoms with Gasteiger partial charge in [0.05, 0.1) is 0 Å². The van der Waals surface area contributed by atoms with E-state index in [0.717, 1.165) is 48.2 Å². The number of nitrogens with one attached hydrogen (secondary N) is 1. The van der Waals surface area contributed by atoms with Gasteiger partial charge in [0.2, 0.25) is 0 Å². The molecule has 4 heteroatoms. The summed E-state index contributed by atoms with van der Waals surface area (Å²) in [7, 11) is 0. The van der Waals surface area contributed by atoms with Crippen molar-refractivity contribution in [3.8, 4) is 0 Å². The number of amides is 1. The number of halogens is 1. The molecule has 0 aromatic heterocycles. The largest absolute Gasteiger partial charge is 0.338 e. The predicted molar refractivity (Wildman–Crippen MR) is 88.6 cm³/mol. The highest BCUT2D eigenvalue weighted by Crippen LogP contribution is 2.36. The van der Waals surface area contributed by atoms with E-state index in [2.05, 4.69) is 26.1 Å². The molecule has 1 amide bonds. The number of carbonyl (C=O) groups excluding carboxylic acids is 1. The molecule has 1 aromatic carbocycles. The van der Waals surface area contributed by atoms with E-state index in [4.69, 9.17) is 0 Å². The molecule has 0 radical (unpaired) electrons. The van der Waals surface area contributed by atoms with Crippen LogP contribution >= 0.6 is 15.9 Å². The van der Waals surface area contributed by atoms with Gasteiger partial charge >= 0.3 is 0 Å². The third-order valence-electron chi connectivity index (χ3n) is 4.94. The highest BCUT2D eigenvalue weighted by atomic mass is 79.9. The zero-order valence-electron chi connectivity index (χ0n) is 12.6. The molecule has 114 valence electrons. The fourth-order valence-corrected chi connectivity index (χ4v) is 4.12. The summed E-state index contributed by atoms with van der Waals surface area (Å²) < 4.78 is 0.975. The van der Waals surface area contributed by atoms with Crippen molar-refractivity contribution in [3.63, 3.8) is 0 Å². The van der Waals surface area contributed by atoms with E-state index < -0.39 is 0 Å². The van der Waals surface area contributed by atoms with Crippen LogP contribution in [-0.4, -0.2) is 37.0 Å². The second kappa shape index (κ2) is 6.09. The Kier molecular flexibility index (Phi) is 4.36. The number of piperidine rings is 2. The van der Waals surface area contributed by atoms with Gasteiger partial charge in [0.15, 0.2) is 0 Å². The second-order valence-corrected chi connectivity index (χ2v) is 7.49. The van der Waals surface area contributed by atoms with Crippen LogP contribution in [0.25, 0.3) is 0 Å². The summed E-state index contributed by atoms with van der Waals surface area (Å²) in [5, 5.41) is 3.52. The van der Waals surface area contributed by atoms with Gasteiger partial charge in [0.25, 0.3) is 5.91 Å². The minimum absolute atomic E-state index is 0.193. The van der Waals surface area contributed by atoms with E-state index in [-0.39, 0.29) is 5.91 Å². The molecule has 3 nitrogen and oxygen atoms in total. The van der Waals surface area contributed by atoms with Crippen LogP contribution in [0.2, 0.25) is 0 Å². The molecule has 0 bridgehead atoms. The number of likely N-dealkylation sites (tertiary alicyclic amines) is 1. The number of nitrogens with zero attached hydrogens (tertiary/aromatic N) is 1. The maximum absolute atomic E-state index is 12.9. The average Bonchev–Trinajstić information content (AvgIpc) is 2.50. The molecule has 0 aliphatic carbocycles. The predicted octanol–water partition coefficient (Wildman–Crippen LogP) is 3.36. The van der Waals surface area contributed by atoms with Crippen molar-refractivity contribution >= 4 is 21.8 Å². The first-order chi connectivity index (χ1) is 10.1. The van der Waals surface area contributed by atoms with Crippen LogP contribution < -0.4 is 5.32 Å². The molecule has 1 atom stereocenters. The van der Waals surface area contributed by atoms with Crippen LogP contribution in [-0.2, 0) is 0 Å². The summed E-state index contributed by atoms with van der Waals surface area (Å²) in [6.07, 6.45) is 4.86. The maximum atomic E-state index is 12.9. The van der Waals surface area contributed by atoms with Gasteiger partial charge in [-0.3, -0.25) is 4.79 Å². The fraction of sp³-hybridized carbons (Fsp3) is 0.588. The monoisotopic (exact) mass is 350 g/mol. The number of carbonyl (C=O) groups is 1. The third kappa shape index (κ3) is 3.16. The molecule has 2 saturated heterocycles. The minimum Gasteiger partial charge on any atom is -0.338 e. The highest BCUT2D eigenvalue weighted by Gasteiger charge is 2.38. The summed E-state index contributed by atoms with van der Waals surface area (Å²) in [4.78, 5) is 15.0. The molecule has 2 fully saturated rings. The molecule has 1 N–H and O–H groups in total. The van der Waals surface area contributed by atoms with Gasteiger partial charge in [-0.05, 0) is 56.8 Å². The first-order valence-electron chi connectivity index (χ1n) is 7.86. The van der Waals surface area contributed by atoms with E-state index in [9.17, 15) is 4.79 Å². The molecule has 2 aliphatic rings. The fourth-order valence-electron chi connectivity index (χ4n) is 3.75. The van der Waals surface area contributed by atoms with Gasteiger partial charge in [0, 0.05) is 35.1 Å². The molecular weight excluding hydrogens is 328 g/mol. The van der Waals surface area contributed by atoms with Gasteiger partial charge in [0.1, 0.15) is 0 Å². The lowest BCUT2D eigenvalue weighted by atomic mass is 9.74. The Bertz CT molecular complexity index is 532. The van der Waals surface area contributed by atoms with E-state index >= 15 is 0 Å². The molecule has 1 unspecified atom stereocenters. The molecule has 2 heterocycles. The van der Waals surface area contributed by atoms with Crippen molar-refractivity contribution in [1.82, 2.24) is 10.2 Å². The van der Waals surface area contributed by atoms with Crippen LogP contribution in [0.4, 0.5) is 0 Å². The van der Waals surface area contributed by atoms with Crippen molar-refractivity contribution in [1.29, 1.82) is 0 Å². The standard InChI is InChI=1S/C17H23BrN2O/c1-13-4-5-14(18)10-15(13)16(21)20-9-3-7-17(12-20)6-2-8-19-11-17/h4-5,10,19H,2-3,6-9,11-12H2,1H3. The van der Waals surface area contributed by atoms with Crippen LogP contribution in [0.3, 0.4) is 0 Å². The van der Waals surface area contributed by atoms with Gasteiger partial charge < -0.3 is 10.2 Å². The number of hydrogen-bond acceptors (Lipinski definition) is 2. The number of rotatable bonds is 1. The van der Waals surface area contributed by atoms with Gasteiger partial charge in [-0.15, -0.1) is 0 Å². The van der Waals surface area contributed by atoms with Crippen molar-refractivity contribution in [2.75, 3.05) is 26.2 Å². The smallest absolute Gasteiger partial charge is 0.254 e. The third-order valence-corrected chi connectivity index (χ3v) is 5.43. The zero-order valence-corrected chi connectivity index (χ0v) is 14.2. The average molecular weight is 351 g/mol. The van der Waals surface area contributed by atoms with Crippen molar-refractivity contribution in [2.24, 2.45) is 5.41 Å². The molecule has 0 saturated carbocycles. The molecule has 3 rings (SSSR count). The zero-order chi connectivity index (χ0) is 14.9. The molecule has 21 heavy (non-hydrogen) atoms. The van der Waals surface area contributed by atoms with Gasteiger partial charge in [-0.25, -0.2) is 0 Å². The summed E-state index contributed by atoms with van der Waals surface area (Å²) in [5.74, 6) is 0.193. The number of hydrogen-bond donors (Lipinski definition) is 1. The van der Waals surface area contributed by atoms with E-state index in [0.29, 0.717) is 5.41 Å². The Morgan fingerprint density at radius 3 is 2.90 bits per heavy atom. The Morgan fingerprint density at radius 1 is 1.33 bits per heavy atom. The molecular formula is C17H23BrN2O. The SMILES string of the molecule is Cc1ccc(Br)cc1C(=O)N1CCCC2(CCCNC2)C1. The van der Waals surface area contributed by atoms with Crippen molar-refractivity contribution in [3.05, 3.63) is 33.8 Å². The van der Waals surface area contributed by atoms with E-state index in [1.165, 1.54) is 19.3 Å². The maximum Gasteiger partial charge on any atom is 0.254 e. The first kappa shape index (κ1) is 15.0. The summed E-state index contributed by atoms with van der Waals surface area (Å²) in [5.41, 5.74) is 2.21. The van der Waals surface area contributed by atoms with Crippen LogP contribution in [0.15, 0.2) is 22.7 Å². The first-order valence-corrected chi connectivity index (χ1v) is 8.65. The van der Waals surface area contributed by atoms with Gasteiger partial charge in [-0.2, -0.15) is 0 Å².